The Morgan fingerprint density at radius 3 is 1.52 bits per heavy atom. The number of hydrogen-bond donors (Lipinski definition) is 0. The van der Waals surface area contributed by atoms with Gasteiger partial charge in [-0.2, -0.15) is 39.5 Å². The van der Waals surface area contributed by atoms with Gasteiger partial charge in [0.2, 0.25) is 0 Å². The van der Waals surface area contributed by atoms with Crippen LogP contribution in [0, 0.1) is 12.8 Å². The van der Waals surface area contributed by atoms with E-state index in [0.29, 0.717) is 42.9 Å². The molecule has 0 heterocycles. The van der Waals surface area contributed by atoms with Gasteiger partial charge in [0, 0.05) is 10.6 Å². The summed E-state index contributed by atoms with van der Waals surface area (Å²) in [5.74, 6) is 0.779. The highest BCUT2D eigenvalue weighted by molar-refractivity contribution is 7.80. The SMILES string of the molecule is COc1ccccc1P(c1ccccc1OC)c1ccccc1C1CCCC1[C@@H](C)P(c1cc(C)cc(C(F)(F)F)c1)c1cc(C(F)(F)F)cc(C(F)(F)F)c1. The highest BCUT2D eigenvalue weighted by Crippen LogP contribution is 2.55. The third-order valence-corrected chi connectivity index (χ3v) is 15.8. The van der Waals surface area contributed by atoms with E-state index >= 15 is 0 Å². The molecule has 5 aromatic rings. The van der Waals surface area contributed by atoms with E-state index in [1.807, 2.05) is 72.8 Å². The molecule has 1 aliphatic rings. The molecule has 56 heavy (non-hydrogen) atoms. The van der Waals surface area contributed by atoms with Gasteiger partial charge in [-0.1, -0.05) is 80.1 Å². The zero-order chi connectivity index (χ0) is 40.6. The van der Waals surface area contributed by atoms with Crippen molar-refractivity contribution >= 4 is 42.4 Å². The molecule has 0 amide bonds. The van der Waals surface area contributed by atoms with Crippen molar-refractivity contribution in [3.05, 3.63) is 137 Å². The standard InChI is InChI=1S/C43H39F9O2P2/c1-26-20-28(41(44,45)46)23-31(21-26)55(32-24-29(42(47,48)49)22-30(25-32)43(50,51)52)27(2)33-13-11-14-34(33)35-12-5-8-17-38(35)56(39-18-9-6-15-36(39)53-3)40-19-10-7-16-37(40)54-4/h5-10,12,15-25,27,33-34H,11,13-14H2,1-4H3/t27-,33?,34?,55?/m1/s1. The van der Waals surface area contributed by atoms with Gasteiger partial charge in [0.1, 0.15) is 11.5 Å². The van der Waals surface area contributed by atoms with E-state index in [4.69, 9.17) is 9.47 Å². The van der Waals surface area contributed by atoms with Crippen molar-refractivity contribution in [2.75, 3.05) is 14.2 Å². The highest BCUT2D eigenvalue weighted by atomic mass is 31.1. The van der Waals surface area contributed by atoms with Crippen LogP contribution in [0.25, 0.3) is 0 Å². The summed E-state index contributed by atoms with van der Waals surface area (Å²) < 4.78 is 140. The second-order valence-electron chi connectivity index (χ2n) is 13.9. The molecule has 0 aromatic heterocycles. The summed E-state index contributed by atoms with van der Waals surface area (Å²) in [5.41, 5.74) is -3.49. The first kappa shape index (κ1) is 41.6. The molecule has 0 saturated heterocycles. The monoisotopic (exact) mass is 820 g/mol. The molecule has 2 nitrogen and oxygen atoms in total. The average Bonchev–Trinajstić information content (AvgIpc) is 3.64. The Morgan fingerprint density at radius 1 is 0.571 bits per heavy atom. The molecule has 1 fully saturated rings. The maximum Gasteiger partial charge on any atom is 0.416 e. The lowest BCUT2D eigenvalue weighted by Crippen LogP contribution is -2.32. The lowest BCUT2D eigenvalue weighted by molar-refractivity contribution is -0.143. The summed E-state index contributed by atoms with van der Waals surface area (Å²) in [6.45, 7) is 3.21. The molecule has 1 saturated carbocycles. The van der Waals surface area contributed by atoms with Crippen LogP contribution in [0.5, 0.6) is 11.5 Å². The number of rotatable bonds is 10. The molecular formula is C43H39F9O2P2. The van der Waals surface area contributed by atoms with Crippen LogP contribution in [0.15, 0.2) is 109 Å². The summed E-state index contributed by atoms with van der Waals surface area (Å²) >= 11 is 0. The number of hydrogen-bond acceptors (Lipinski definition) is 2. The molecule has 6 rings (SSSR count). The molecule has 0 bridgehead atoms. The van der Waals surface area contributed by atoms with Crippen molar-refractivity contribution in [1.29, 1.82) is 0 Å². The summed E-state index contributed by atoms with van der Waals surface area (Å²) in [4.78, 5) is 0. The van der Waals surface area contributed by atoms with Crippen LogP contribution in [-0.4, -0.2) is 19.9 Å². The van der Waals surface area contributed by atoms with Crippen molar-refractivity contribution in [3.8, 4) is 11.5 Å². The van der Waals surface area contributed by atoms with Crippen molar-refractivity contribution in [2.24, 2.45) is 5.92 Å². The Morgan fingerprint density at radius 2 is 1.02 bits per heavy atom. The van der Waals surface area contributed by atoms with Crippen LogP contribution in [0.2, 0.25) is 0 Å². The van der Waals surface area contributed by atoms with Gasteiger partial charge in [-0.05, 0) is 123 Å². The number of alkyl halides is 9. The fourth-order valence-electron chi connectivity index (χ4n) is 7.93. The number of benzene rings is 5. The minimum Gasteiger partial charge on any atom is -0.496 e. The first-order valence-electron chi connectivity index (χ1n) is 17.8. The van der Waals surface area contributed by atoms with E-state index in [0.717, 1.165) is 33.6 Å². The number of para-hydroxylation sites is 2. The smallest absolute Gasteiger partial charge is 0.416 e. The fourth-order valence-corrected chi connectivity index (χ4v) is 13.8. The van der Waals surface area contributed by atoms with Crippen molar-refractivity contribution < 1.29 is 49.0 Å². The molecule has 3 unspecified atom stereocenters. The molecule has 0 spiro atoms. The first-order chi connectivity index (χ1) is 26.4. The van der Waals surface area contributed by atoms with Crippen LogP contribution < -0.4 is 36.0 Å². The molecule has 296 valence electrons. The van der Waals surface area contributed by atoms with Crippen LogP contribution in [0.1, 0.15) is 59.9 Å². The molecule has 5 aromatic carbocycles. The summed E-state index contributed by atoms with van der Waals surface area (Å²) in [6, 6.07) is 27.9. The Hall–Kier alpha value is -4.07. The highest BCUT2D eigenvalue weighted by Gasteiger charge is 2.43. The van der Waals surface area contributed by atoms with Crippen molar-refractivity contribution in [2.45, 2.75) is 63.2 Å². The molecule has 0 N–H and O–H groups in total. The minimum atomic E-state index is -5.13. The van der Waals surface area contributed by atoms with Gasteiger partial charge < -0.3 is 9.47 Å². The van der Waals surface area contributed by atoms with Crippen molar-refractivity contribution in [1.82, 2.24) is 0 Å². The fraction of sp³-hybridized carbons (Fsp3) is 0.302. The van der Waals surface area contributed by atoms with Gasteiger partial charge in [-0.25, -0.2) is 0 Å². The minimum absolute atomic E-state index is 0.0612. The Kier molecular flexibility index (Phi) is 12.2. The summed E-state index contributed by atoms with van der Waals surface area (Å²) in [5, 5.41) is 2.58. The van der Waals surface area contributed by atoms with Crippen LogP contribution >= 0.6 is 15.8 Å². The van der Waals surface area contributed by atoms with E-state index in [1.54, 1.807) is 21.1 Å². The number of aryl methyl sites for hydroxylation is 1. The van der Waals surface area contributed by atoms with E-state index < -0.39 is 56.7 Å². The second-order valence-corrected chi connectivity index (χ2v) is 18.6. The second kappa shape index (κ2) is 16.4. The average molecular weight is 821 g/mol. The Balaban J connectivity index is 1.56. The van der Waals surface area contributed by atoms with Gasteiger partial charge in [0.15, 0.2) is 0 Å². The first-order valence-corrected chi connectivity index (χ1v) is 20.6. The number of halogens is 9. The summed E-state index contributed by atoms with van der Waals surface area (Å²) in [7, 11) is -0.387. The van der Waals surface area contributed by atoms with E-state index in [9.17, 15) is 39.5 Å². The zero-order valence-electron chi connectivity index (χ0n) is 30.9. The lowest BCUT2D eigenvalue weighted by atomic mass is 9.87. The Bertz CT molecular complexity index is 2080. The molecule has 13 heteroatoms. The van der Waals surface area contributed by atoms with Gasteiger partial charge in [-0.15, -0.1) is 0 Å². The maximum absolute atomic E-state index is 14.3. The lowest BCUT2D eigenvalue weighted by Gasteiger charge is -2.36. The largest absolute Gasteiger partial charge is 0.496 e. The van der Waals surface area contributed by atoms with E-state index in [1.165, 1.54) is 13.0 Å². The van der Waals surface area contributed by atoms with Crippen LogP contribution in [0.4, 0.5) is 39.5 Å². The van der Waals surface area contributed by atoms with E-state index in [2.05, 4.69) is 0 Å². The van der Waals surface area contributed by atoms with Gasteiger partial charge in [0.05, 0.1) is 30.9 Å². The normalized spacial score (nSPS) is 17.5. The predicted octanol–water partition coefficient (Wildman–Crippen LogP) is 11.2. The van der Waals surface area contributed by atoms with E-state index in [-0.39, 0.29) is 34.1 Å². The molecule has 1 aliphatic carbocycles. The van der Waals surface area contributed by atoms with Gasteiger partial charge in [0.25, 0.3) is 0 Å². The number of ether oxygens (including phenoxy) is 2. The van der Waals surface area contributed by atoms with Gasteiger partial charge in [-0.3, -0.25) is 0 Å². The summed E-state index contributed by atoms with van der Waals surface area (Å²) in [6.07, 6.45) is -13.1. The number of methoxy groups -OCH3 is 2. The topological polar surface area (TPSA) is 18.5 Å². The zero-order valence-corrected chi connectivity index (χ0v) is 32.6. The Labute approximate surface area is 322 Å². The van der Waals surface area contributed by atoms with Gasteiger partial charge >= 0.3 is 18.5 Å². The van der Waals surface area contributed by atoms with Crippen molar-refractivity contribution in [3.63, 3.8) is 0 Å². The third-order valence-electron chi connectivity index (χ3n) is 10.3. The molecule has 0 aliphatic heterocycles. The predicted molar refractivity (Wildman–Crippen MR) is 207 cm³/mol. The molecule has 4 atom stereocenters. The molecule has 0 radical (unpaired) electrons. The maximum atomic E-state index is 14.3. The van der Waals surface area contributed by atoms with Crippen LogP contribution in [-0.2, 0) is 18.5 Å². The quantitative estimate of drug-likeness (QED) is 0.103. The third kappa shape index (κ3) is 8.74. The van der Waals surface area contributed by atoms with Crippen LogP contribution in [0.3, 0.4) is 0 Å². The molecular weight excluding hydrogens is 781 g/mol.